The van der Waals surface area contributed by atoms with Gasteiger partial charge in [0, 0.05) is 29.7 Å². The highest BCUT2D eigenvalue weighted by atomic mass is 19.2. The predicted octanol–water partition coefficient (Wildman–Crippen LogP) is 7.56. The largest absolute Gasteiger partial charge is 0.390 e. The van der Waals surface area contributed by atoms with Crippen LogP contribution >= 0.6 is 0 Å². The zero-order chi connectivity index (χ0) is 28.3. The Labute approximate surface area is 228 Å². The number of carbonyl (C=O) groups is 1. The first-order valence-corrected chi connectivity index (χ1v) is 13.1. The molecule has 0 bridgehead atoms. The van der Waals surface area contributed by atoms with Gasteiger partial charge in [0.1, 0.15) is 5.60 Å². The zero-order valence-electron chi connectivity index (χ0n) is 23.3. The Hall–Kier alpha value is -4.00. The van der Waals surface area contributed by atoms with Crippen molar-refractivity contribution in [2.24, 2.45) is 5.16 Å². The van der Waals surface area contributed by atoms with Crippen LogP contribution in [0, 0.1) is 11.6 Å². The van der Waals surface area contributed by atoms with Crippen molar-refractivity contribution in [1.29, 1.82) is 0 Å². The Balaban J connectivity index is 1.81. The highest BCUT2D eigenvalue weighted by Gasteiger charge is 2.25. The normalized spacial score (nSPS) is 12.3. The second-order valence-corrected chi connectivity index (χ2v) is 11.0. The van der Waals surface area contributed by atoms with Crippen molar-refractivity contribution in [3.63, 3.8) is 0 Å². The van der Waals surface area contributed by atoms with Crippen LogP contribution in [0.15, 0.2) is 71.9 Å². The van der Waals surface area contributed by atoms with Crippen molar-refractivity contribution in [2.45, 2.75) is 66.2 Å². The number of oxime groups is 1. The average molecular weight is 532 g/mol. The highest BCUT2D eigenvalue weighted by molar-refractivity contribution is 6.10. The van der Waals surface area contributed by atoms with E-state index in [1.54, 1.807) is 0 Å². The van der Waals surface area contributed by atoms with E-state index in [2.05, 4.69) is 41.0 Å². The van der Waals surface area contributed by atoms with Gasteiger partial charge in [-0.15, -0.1) is 0 Å². The van der Waals surface area contributed by atoms with Crippen LogP contribution in [0.25, 0.3) is 10.9 Å². The van der Waals surface area contributed by atoms with Crippen molar-refractivity contribution < 1.29 is 18.4 Å². The molecule has 5 nitrogen and oxygen atoms in total. The van der Waals surface area contributed by atoms with Crippen molar-refractivity contribution in [2.75, 3.05) is 0 Å². The Morgan fingerprint density at radius 1 is 0.974 bits per heavy atom. The van der Waals surface area contributed by atoms with Crippen LogP contribution in [0.1, 0.15) is 80.2 Å². The summed E-state index contributed by atoms with van der Waals surface area (Å²) in [5, 5.41) is 8.06. The lowest BCUT2D eigenvalue weighted by atomic mass is 10.0. The molecule has 1 amide bonds. The Morgan fingerprint density at radius 3 is 2.33 bits per heavy atom. The summed E-state index contributed by atoms with van der Waals surface area (Å²) in [4.78, 5) is 19.3. The van der Waals surface area contributed by atoms with Gasteiger partial charge >= 0.3 is 0 Å². The molecule has 1 aromatic heterocycles. The van der Waals surface area contributed by atoms with E-state index < -0.39 is 17.2 Å². The van der Waals surface area contributed by atoms with Gasteiger partial charge < -0.3 is 14.7 Å². The molecule has 204 valence electrons. The summed E-state index contributed by atoms with van der Waals surface area (Å²) < 4.78 is 29.3. The Morgan fingerprint density at radius 2 is 1.69 bits per heavy atom. The second kappa shape index (κ2) is 11.4. The fourth-order valence-corrected chi connectivity index (χ4v) is 4.55. The Kier molecular flexibility index (Phi) is 8.19. The van der Waals surface area contributed by atoms with E-state index in [1.165, 1.54) is 6.07 Å². The summed E-state index contributed by atoms with van der Waals surface area (Å²) >= 11 is 0. The van der Waals surface area contributed by atoms with Gasteiger partial charge in [0.2, 0.25) is 0 Å². The first-order valence-electron chi connectivity index (χ1n) is 13.1. The van der Waals surface area contributed by atoms with Crippen LogP contribution in [0.2, 0.25) is 0 Å². The van der Waals surface area contributed by atoms with E-state index in [0.29, 0.717) is 17.7 Å². The maximum atomic E-state index is 13.7. The van der Waals surface area contributed by atoms with Crippen LogP contribution < -0.4 is 5.32 Å². The Bertz CT molecular complexity index is 1520. The van der Waals surface area contributed by atoms with Gasteiger partial charge in [-0.05, 0) is 62.9 Å². The molecular weight excluding hydrogens is 496 g/mol. The number of hydrogen-bond donors (Lipinski definition) is 1. The minimum atomic E-state index is -0.941. The van der Waals surface area contributed by atoms with Crippen molar-refractivity contribution in [3.8, 4) is 0 Å². The molecule has 0 spiro atoms. The average Bonchev–Trinajstić information content (AvgIpc) is 3.21. The molecule has 1 heterocycles. The number of nitrogens with one attached hydrogen (secondary N) is 1. The van der Waals surface area contributed by atoms with E-state index in [-0.39, 0.29) is 18.4 Å². The third-order valence-corrected chi connectivity index (χ3v) is 6.37. The summed E-state index contributed by atoms with van der Waals surface area (Å²) in [6, 6.07) is 19.7. The number of hydrogen-bond acceptors (Lipinski definition) is 3. The summed E-state index contributed by atoms with van der Waals surface area (Å²) in [7, 11) is 0. The molecule has 4 rings (SSSR count). The molecule has 3 aromatic carbocycles. The van der Waals surface area contributed by atoms with Gasteiger partial charge in [-0.25, -0.2) is 8.78 Å². The standard InChI is InChI=1S/C32H35F2N3O2/c1-20(2)30-29(31(38)35-18-23-12-15-26(33)27(34)16-23)25-14-13-24(21(3)36-39-32(4,5)6)17-28(25)37(30)19-22-10-8-7-9-11-22/h7-17,20H,18-19H2,1-6H3,(H,35,38). The van der Waals surface area contributed by atoms with Gasteiger partial charge in [0.05, 0.1) is 16.8 Å². The first-order chi connectivity index (χ1) is 18.4. The lowest BCUT2D eigenvalue weighted by Crippen LogP contribution is -2.24. The molecule has 1 N–H and O–H groups in total. The number of amides is 1. The summed E-state index contributed by atoms with van der Waals surface area (Å²) in [5.41, 5.74) is 5.18. The molecule has 0 atom stereocenters. The number of carbonyl (C=O) groups excluding carboxylic acids is 1. The molecule has 7 heteroatoms. The van der Waals surface area contributed by atoms with Crippen molar-refractivity contribution in [3.05, 3.63) is 106 Å². The molecule has 4 aromatic rings. The van der Waals surface area contributed by atoms with E-state index >= 15 is 0 Å². The molecule has 0 aliphatic heterocycles. The summed E-state index contributed by atoms with van der Waals surface area (Å²) in [6.45, 7) is 12.5. The van der Waals surface area contributed by atoms with E-state index in [4.69, 9.17) is 4.84 Å². The fraction of sp³-hybridized carbons (Fsp3) is 0.312. The highest BCUT2D eigenvalue weighted by Crippen LogP contribution is 2.33. The zero-order valence-corrected chi connectivity index (χ0v) is 23.3. The monoisotopic (exact) mass is 531 g/mol. The van der Waals surface area contributed by atoms with Crippen molar-refractivity contribution >= 4 is 22.5 Å². The van der Waals surface area contributed by atoms with Crippen LogP contribution in [-0.4, -0.2) is 21.8 Å². The second-order valence-electron chi connectivity index (χ2n) is 11.0. The summed E-state index contributed by atoms with van der Waals surface area (Å²) in [6.07, 6.45) is 0. The van der Waals surface area contributed by atoms with Crippen LogP contribution in [0.4, 0.5) is 8.78 Å². The quantitative estimate of drug-likeness (QED) is 0.188. The van der Waals surface area contributed by atoms with E-state index in [1.807, 2.05) is 64.1 Å². The SMILES string of the molecule is CC(=NOC(C)(C)C)c1ccc2c(C(=O)NCc3ccc(F)c(F)c3)c(C(C)C)n(Cc3ccccc3)c2c1. The third-order valence-electron chi connectivity index (χ3n) is 6.37. The topological polar surface area (TPSA) is 55.6 Å². The number of rotatable bonds is 8. The number of halogens is 2. The molecule has 39 heavy (non-hydrogen) atoms. The molecular formula is C32H35F2N3O2. The molecule has 0 aliphatic rings. The maximum Gasteiger partial charge on any atom is 0.254 e. The number of aromatic nitrogens is 1. The molecule has 0 aliphatic carbocycles. The summed E-state index contributed by atoms with van der Waals surface area (Å²) in [5.74, 6) is -2.09. The number of benzene rings is 3. The lowest BCUT2D eigenvalue weighted by Gasteiger charge is -2.16. The maximum absolute atomic E-state index is 13.7. The smallest absolute Gasteiger partial charge is 0.254 e. The molecule has 0 saturated carbocycles. The number of nitrogens with zero attached hydrogens (tertiary/aromatic N) is 2. The minimum absolute atomic E-state index is 0.0348. The first kappa shape index (κ1) is 28.0. The van der Waals surface area contributed by atoms with Gasteiger partial charge in [-0.3, -0.25) is 4.79 Å². The van der Waals surface area contributed by atoms with Crippen LogP contribution in [0.5, 0.6) is 0 Å². The van der Waals surface area contributed by atoms with Crippen LogP contribution in [-0.2, 0) is 17.9 Å². The van der Waals surface area contributed by atoms with Crippen LogP contribution in [0.3, 0.4) is 0 Å². The lowest BCUT2D eigenvalue weighted by molar-refractivity contribution is 0.000953. The van der Waals surface area contributed by atoms with Crippen molar-refractivity contribution in [1.82, 2.24) is 9.88 Å². The molecule has 0 radical (unpaired) electrons. The van der Waals surface area contributed by atoms with Gasteiger partial charge in [-0.2, -0.15) is 0 Å². The number of fused-ring (bicyclic) bond motifs is 1. The molecule has 0 fully saturated rings. The van der Waals surface area contributed by atoms with E-state index in [0.717, 1.165) is 45.6 Å². The molecule has 0 saturated heterocycles. The fourth-order valence-electron chi connectivity index (χ4n) is 4.55. The molecule has 0 unspecified atom stereocenters. The van der Waals surface area contributed by atoms with Gasteiger partial charge in [-0.1, -0.05) is 67.5 Å². The third kappa shape index (κ3) is 6.53. The van der Waals surface area contributed by atoms with Gasteiger partial charge in [0.25, 0.3) is 5.91 Å². The van der Waals surface area contributed by atoms with E-state index in [9.17, 15) is 13.6 Å². The van der Waals surface area contributed by atoms with Gasteiger partial charge in [0.15, 0.2) is 11.6 Å². The predicted molar refractivity (Wildman–Crippen MR) is 152 cm³/mol. The minimum Gasteiger partial charge on any atom is -0.390 e.